The van der Waals surface area contributed by atoms with Gasteiger partial charge < -0.3 is 56.8 Å². The van der Waals surface area contributed by atoms with Crippen molar-refractivity contribution >= 4 is 59.7 Å². The summed E-state index contributed by atoms with van der Waals surface area (Å²) < 4.78 is 63.7. The van der Waals surface area contributed by atoms with E-state index in [9.17, 15) is 53.2 Å². The largest absolute Gasteiger partial charge is 0.469 e. The van der Waals surface area contributed by atoms with Crippen molar-refractivity contribution in [2.45, 2.75) is 188 Å². The third-order valence-corrected chi connectivity index (χ3v) is 16.7. The maximum absolute atomic E-state index is 12.6. The third-order valence-electron chi connectivity index (χ3n) is 16.7. The molecule has 9 aliphatic rings. The van der Waals surface area contributed by atoms with Gasteiger partial charge in [0.2, 0.25) is 5.60 Å². The third kappa shape index (κ3) is 10.4. The summed E-state index contributed by atoms with van der Waals surface area (Å²) in [6, 6.07) is 1.99. The maximum atomic E-state index is 12.6. The van der Waals surface area contributed by atoms with E-state index in [0.29, 0.717) is 19.3 Å². The smallest absolute Gasteiger partial charge is 0.350 e. The van der Waals surface area contributed by atoms with E-state index in [0.717, 1.165) is 12.8 Å². The fourth-order valence-corrected chi connectivity index (χ4v) is 10.8. The Morgan fingerprint density at radius 3 is 1.87 bits per heavy atom. The number of carbonyl (C=O) groups is 10. The predicted molar refractivity (Wildman–Crippen MR) is 247 cm³/mol. The van der Waals surface area contributed by atoms with Crippen LogP contribution in [0.15, 0.2) is 0 Å². The SMILES string of the molecule is CCC(C)(C)C(=O)OC(C)(C)C(=O)OC1C2CC3(C#N)C(=O)OC1C3O2.CCC(C)(C)C(=O)OCC(=O)OC1C2OC(=O)C3C2OC1C3C(=O)OC.CCC(C)(C)C(=O)OCCC(=O)OC1C2CC3C(=O)OC1C3C2. The molecule has 23 heteroatoms. The molecular weight excluding hydrogens is 991 g/mol. The Bertz CT molecular complexity index is 2390. The molecule has 2 aliphatic carbocycles. The van der Waals surface area contributed by atoms with Gasteiger partial charge in [0.15, 0.2) is 36.4 Å². The average molecular weight is 1060 g/mol. The topological polar surface area (TPSA) is 305 Å². The molecule has 0 aromatic carbocycles. The second-order valence-electron chi connectivity index (χ2n) is 23.1. The Labute approximate surface area is 434 Å². The van der Waals surface area contributed by atoms with Gasteiger partial charge in [-0.05, 0) is 87.5 Å². The van der Waals surface area contributed by atoms with Crippen LogP contribution in [-0.2, 0) is 105 Å². The van der Waals surface area contributed by atoms with Crippen LogP contribution in [0.1, 0.15) is 121 Å². The number of esters is 10. The van der Waals surface area contributed by atoms with E-state index in [1.54, 1.807) is 27.7 Å². The quantitative estimate of drug-likeness (QED) is 0.149. The monoisotopic (exact) mass is 1060 g/mol. The first-order chi connectivity index (χ1) is 35.0. The first kappa shape index (κ1) is 56.8. The minimum absolute atomic E-state index is 0.0113. The zero-order valence-corrected chi connectivity index (χ0v) is 44.5. The van der Waals surface area contributed by atoms with Crippen LogP contribution in [0, 0.1) is 62.6 Å². The average Bonchev–Trinajstić information content (AvgIpc) is 4.26. The fourth-order valence-electron chi connectivity index (χ4n) is 10.8. The Morgan fingerprint density at radius 1 is 0.653 bits per heavy atom. The van der Waals surface area contributed by atoms with Gasteiger partial charge in [-0.15, -0.1) is 0 Å². The van der Waals surface area contributed by atoms with Crippen molar-refractivity contribution in [2.75, 3.05) is 20.3 Å². The van der Waals surface area contributed by atoms with Gasteiger partial charge in [-0.2, -0.15) is 5.26 Å². The Hall–Kier alpha value is -5.89. The van der Waals surface area contributed by atoms with Crippen LogP contribution in [0.3, 0.4) is 0 Å². The molecular formula is C52H69NO22. The molecule has 0 amide bonds. The van der Waals surface area contributed by atoms with Crippen molar-refractivity contribution in [3.8, 4) is 6.07 Å². The molecule has 2 saturated carbocycles. The van der Waals surface area contributed by atoms with Crippen molar-refractivity contribution in [3.63, 3.8) is 0 Å². The van der Waals surface area contributed by atoms with Crippen molar-refractivity contribution in [1.82, 2.24) is 0 Å². The highest BCUT2D eigenvalue weighted by Gasteiger charge is 2.75. The summed E-state index contributed by atoms with van der Waals surface area (Å²) in [4.78, 5) is 120. The molecule has 0 radical (unpaired) electrons. The minimum atomic E-state index is -1.50. The molecule has 7 aliphatic heterocycles. The minimum Gasteiger partial charge on any atom is -0.469 e. The molecule has 6 bridgehead atoms. The van der Waals surface area contributed by atoms with Gasteiger partial charge in [-0.3, -0.25) is 38.4 Å². The van der Waals surface area contributed by atoms with Gasteiger partial charge in [0.1, 0.15) is 55.1 Å². The van der Waals surface area contributed by atoms with Gasteiger partial charge in [-0.25, -0.2) is 9.59 Å². The number of nitrogens with zero attached hydrogens (tertiary/aromatic N) is 1. The second kappa shape index (κ2) is 20.9. The lowest BCUT2D eigenvalue weighted by Gasteiger charge is -2.31. The summed E-state index contributed by atoms with van der Waals surface area (Å²) in [5.74, 6) is -6.37. The number of hydrogen-bond acceptors (Lipinski definition) is 23. The van der Waals surface area contributed by atoms with Crippen LogP contribution in [0.25, 0.3) is 0 Å². The molecule has 0 N–H and O–H groups in total. The molecule has 23 nitrogen and oxygen atoms in total. The Morgan fingerprint density at radius 2 is 1.25 bits per heavy atom. The molecule has 7 saturated heterocycles. The highest BCUT2D eigenvalue weighted by atomic mass is 16.7. The Kier molecular flexibility index (Phi) is 15.8. The molecule has 7 heterocycles. The number of nitriles is 1. The van der Waals surface area contributed by atoms with Crippen LogP contribution in [0.5, 0.6) is 0 Å². The Balaban J connectivity index is 0.000000164. The number of hydrogen-bond donors (Lipinski definition) is 0. The van der Waals surface area contributed by atoms with Crippen LogP contribution in [0.2, 0.25) is 0 Å². The van der Waals surface area contributed by atoms with Crippen molar-refractivity contribution < 1.29 is 105 Å². The van der Waals surface area contributed by atoms with E-state index < -0.39 is 142 Å². The first-order valence-electron chi connectivity index (χ1n) is 25.6. The summed E-state index contributed by atoms with van der Waals surface area (Å²) in [5, 5.41) is 9.34. The summed E-state index contributed by atoms with van der Waals surface area (Å²) >= 11 is 0. The lowest BCUT2D eigenvalue weighted by molar-refractivity contribution is -0.191. The molecule has 75 heavy (non-hydrogen) atoms. The van der Waals surface area contributed by atoms with Gasteiger partial charge in [0, 0.05) is 18.3 Å². The molecule has 0 spiro atoms. The number of fused-ring (bicyclic) bond motifs is 3. The van der Waals surface area contributed by atoms with E-state index in [2.05, 4.69) is 0 Å². The zero-order valence-electron chi connectivity index (χ0n) is 44.5. The lowest BCUT2D eigenvalue weighted by Crippen LogP contribution is -2.49. The summed E-state index contributed by atoms with van der Waals surface area (Å²) in [6.07, 6.45) is -3.05. The predicted octanol–water partition coefficient (Wildman–Crippen LogP) is 3.10. The lowest BCUT2D eigenvalue weighted by atomic mass is 9.75. The standard InChI is InChI=1S/C18H23NO7.C17H22O9.C17H24O6/c1-6-16(2,3)13(20)26-17(4,5)14(21)24-10-9-7-18(8-19)12(23-9)11(10)25-15(18)22;1-5-17(2,3)16(21)23-6-7(18)24-12-10-8(14(19)22-4)9-11(25-10)13(12)26-15(9)20;1-4-17(2,3)16(20)21-6-5-12(18)22-13-9-7-10-11(8-9)15(19)23-14(10)13/h9-12H,6-7H2,1-5H3;8-13H,5-6H2,1-4H3;9-11,13-14H,4-8H2,1-3H3. The van der Waals surface area contributed by atoms with Crippen LogP contribution in [0.4, 0.5) is 0 Å². The van der Waals surface area contributed by atoms with Gasteiger partial charge in [0.25, 0.3) is 0 Å². The first-order valence-corrected chi connectivity index (χ1v) is 25.6. The molecule has 16 atom stereocenters. The van der Waals surface area contributed by atoms with E-state index in [-0.39, 0.29) is 61.3 Å². The van der Waals surface area contributed by atoms with E-state index in [4.69, 9.17) is 56.8 Å². The van der Waals surface area contributed by atoms with Gasteiger partial charge in [-0.1, -0.05) is 20.8 Å². The number of rotatable bonds is 17. The highest BCUT2D eigenvalue weighted by Crippen LogP contribution is 2.57. The molecule has 16 unspecified atom stereocenters. The fraction of sp³-hybridized carbons (Fsp3) is 0.788. The molecule has 0 aromatic heterocycles. The normalized spacial score (nSPS) is 34.6. The van der Waals surface area contributed by atoms with E-state index in [1.807, 2.05) is 40.7 Å². The van der Waals surface area contributed by atoms with Crippen molar-refractivity contribution in [3.05, 3.63) is 0 Å². The van der Waals surface area contributed by atoms with Crippen molar-refractivity contribution in [1.29, 1.82) is 5.26 Å². The van der Waals surface area contributed by atoms with Crippen LogP contribution >= 0.6 is 0 Å². The van der Waals surface area contributed by atoms with Crippen LogP contribution in [-0.4, -0.2) is 147 Å². The summed E-state index contributed by atoms with van der Waals surface area (Å²) in [5.41, 5.74) is -4.77. The molecule has 9 rings (SSSR count). The summed E-state index contributed by atoms with van der Waals surface area (Å²) in [6.45, 7) is 18.5. The second-order valence-corrected chi connectivity index (χ2v) is 23.1. The maximum Gasteiger partial charge on any atom is 0.350 e. The number of methoxy groups -OCH3 is 1. The van der Waals surface area contributed by atoms with Gasteiger partial charge in [0.05, 0.1) is 41.8 Å². The molecule has 414 valence electrons. The summed E-state index contributed by atoms with van der Waals surface area (Å²) in [7, 11) is 1.21. The molecule has 9 fully saturated rings. The van der Waals surface area contributed by atoms with E-state index in [1.165, 1.54) is 21.0 Å². The van der Waals surface area contributed by atoms with Crippen molar-refractivity contribution in [2.24, 2.45) is 51.2 Å². The highest BCUT2D eigenvalue weighted by molar-refractivity contribution is 5.88. The number of carbonyl (C=O) groups excluding carboxylic acids is 10. The van der Waals surface area contributed by atoms with Crippen LogP contribution < -0.4 is 0 Å². The molecule has 0 aromatic rings. The zero-order chi connectivity index (χ0) is 55.5. The van der Waals surface area contributed by atoms with Gasteiger partial charge >= 0.3 is 59.7 Å². The number of ether oxygens (including phenoxy) is 12. The van der Waals surface area contributed by atoms with E-state index >= 15 is 0 Å².